The molecule has 1 aliphatic rings. The smallest absolute Gasteiger partial charge is 0.0992 e. The predicted molar refractivity (Wildman–Crippen MR) is 65.3 cm³/mol. The summed E-state index contributed by atoms with van der Waals surface area (Å²) >= 11 is 9.69. The monoisotopic (exact) mass is 227 g/mol. The first-order valence-corrected chi connectivity index (χ1v) is 5.27. The Morgan fingerprint density at radius 2 is 1.23 bits per heavy atom. The molecule has 82 valence electrons. The van der Waals surface area contributed by atoms with Crippen LogP contribution >= 0.6 is 23.2 Å². The summed E-state index contributed by atoms with van der Waals surface area (Å²) in [5, 5.41) is 0. The van der Waals surface area contributed by atoms with Gasteiger partial charge in [-0.25, -0.2) is 0 Å². The molecule has 0 aromatic rings. The summed E-state index contributed by atoms with van der Waals surface area (Å²) in [6.45, 7) is 11.7. The normalized spacial score (nSPS) is 14.5. The molecule has 1 rings (SSSR count). The quantitative estimate of drug-likeness (QED) is 0.655. The number of halogens is 2. The molecule has 1 nitrogen and oxygen atoms in total. The fourth-order valence-corrected chi connectivity index (χ4v) is 0.250. The largest absolute Gasteiger partial charge is 0.333 e. The van der Waals surface area contributed by atoms with Gasteiger partial charge < -0.3 is 5.73 Å². The summed E-state index contributed by atoms with van der Waals surface area (Å²) in [5.41, 5.74) is 5.25. The average Bonchev–Trinajstić information content (AvgIpc) is 2.73. The molecule has 13 heavy (non-hydrogen) atoms. The molecule has 2 N–H and O–H groups in total. The lowest BCUT2D eigenvalue weighted by atomic mass is 10.2. The van der Waals surface area contributed by atoms with Crippen molar-refractivity contribution in [3.63, 3.8) is 0 Å². The molecule has 1 saturated carbocycles. The molecule has 1 aliphatic carbocycles. The molecule has 0 aliphatic heterocycles. The first-order valence-electron chi connectivity index (χ1n) is 4.52. The number of rotatable bonds is 0. The van der Waals surface area contributed by atoms with Crippen molar-refractivity contribution in [2.45, 2.75) is 40.5 Å². The van der Waals surface area contributed by atoms with Crippen molar-refractivity contribution in [1.82, 2.24) is 0 Å². The van der Waals surface area contributed by atoms with Crippen LogP contribution in [-0.4, -0.2) is 7.05 Å². The minimum absolute atomic E-state index is 0.111. The van der Waals surface area contributed by atoms with Gasteiger partial charge in [0.25, 0.3) is 0 Å². The van der Waals surface area contributed by atoms with Gasteiger partial charge >= 0.3 is 0 Å². The van der Waals surface area contributed by atoms with Gasteiger partial charge in [0.15, 0.2) is 0 Å². The summed E-state index contributed by atoms with van der Waals surface area (Å²) in [5.74, 6) is 0. The Hall–Kier alpha value is 0.280. The fourth-order valence-electron chi connectivity index (χ4n) is 0.250. The third kappa shape index (κ3) is 46.5. The van der Waals surface area contributed by atoms with E-state index in [1.807, 2.05) is 13.8 Å². The zero-order chi connectivity index (χ0) is 11.5. The van der Waals surface area contributed by atoms with Gasteiger partial charge in [-0.15, -0.1) is 0 Å². The van der Waals surface area contributed by atoms with E-state index in [0.29, 0.717) is 0 Å². The Morgan fingerprint density at radius 1 is 1.15 bits per heavy atom. The second-order valence-electron chi connectivity index (χ2n) is 3.00. The van der Waals surface area contributed by atoms with Crippen LogP contribution in [0.5, 0.6) is 0 Å². The summed E-state index contributed by atoms with van der Waals surface area (Å²) in [4.78, 5) is 0. The molecule has 0 amide bonds. The van der Waals surface area contributed by atoms with E-state index >= 15 is 0 Å². The highest BCUT2D eigenvalue weighted by Gasteiger charge is 2.30. The topological polar surface area (TPSA) is 26.0 Å². The highest BCUT2D eigenvalue weighted by molar-refractivity contribution is 6.55. The summed E-state index contributed by atoms with van der Waals surface area (Å²) in [6.07, 6.45) is 2.90. The molecule has 0 atom stereocenters. The Bertz CT molecular complexity index is 101. The molecular weight excluding hydrogens is 205 g/mol. The van der Waals surface area contributed by atoms with Crippen molar-refractivity contribution in [2.24, 2.45) is 11.1 Å². The Labute approximate surface area is 93.3 Å². The van der Waals surface area contributed by atoms with Crippen LogP contribution in [0.1, 0.15) is 40.5 Å². The van der Waals surface area contributed by atoms with Gasteiger partial charge in [-0.3, -0.25) is 0 Å². The van der Waals surface area contributed by atoms with Crippen molar-refractivity contribution in [2.75, 3.05) is 7.05 Å². The van der Waals surface area contributed by atoms with Crippen molar-refractivity contribution in [3.8, 4) is 0 Å². The van der Waals surface area contributed by atoms with Crippen molar-refractivity contribution in [3.05, 3.63) is 11.1 Å². The van der Waals surface area contributed by atoms with Gasteiger partial charge in [-0.1, -0.05) is 57.5 Å². The lowest BCUT2D eigenvalue weighted by Gasteiger charge is -1.86. The van der Waals surface area contributed by atoms with E-state index in [4.69, 9.17) is 23.2 Å². The van der Waals surface area contributed by atoms with Crippen LogP contribution in [0.15, 0.2) is 11.1 Å². The van der Waals surface area contributed by atoms with Crippen LogP contribution in [-0.2, 0) is 0 Å². The van der Waals surface area contributed by atoms with Crippen LogP contribution in [0.2, 0.25) is 0 Å². The van der Waals surface area contributed by atoms with Crippen LogP contribution < -0.4 is 5.73 Å². The van der Waals surface area contributed by atoms with E-state index in [-0.39, 0.29) is 4.49 Å². The number of hydrogen-bond donors (Lipinski definition) is 1. The molecule has 0 spiro atoms. The SMILES string of the molecule is C=C(Cl)Cl.CC.CC1(C)CC1.CN. The Morgan fingerprint density at radius 3 is 1.23 bits per heavy atom. The maximum absolute atomic E-state index is 4.85. The fraction of sp³-hybridized carbons (Fsp3) is 0.800. The molecule has 0 unspecified atom stereocenters. The highest BCUT2D eigenvalue weighted by Crippen LogP contribution is 2.43. The third-order valence-electron chi connectivity index (χ3n) is 1.25. The minimum Gasteiger partial charge on any atom is -0.333 e. The van der Waals surface area contributed by atoms with Crippen LogP contribution in [0.3, 0.4) is 0 Å². The molecule has 0 heterocycles. The first kappa shape index (κ1) is 18.9. The maximum Gasteiger partial charge on any atom is 0.0992 e. The van der Waals surface area contributed by atoms with E-state index in [0.717, 1.165) is 5.41 Å². The van der Waals surface area contributed by atoms with Crippen LogP contribution in [0.25, 0.3) is 0 Å². The van der Waals surface area contributed by atoms with Gasteiger partial charge in [0, 0.05) is 0 Å². The van der Waals surface area contributed by atoms with E-state index in [1.165, 1.54) is 19.9 Å². The molecule has 0 aromatic carbocycles. The molecular formula is C10H23Cl2N. The van der Waals surface area contributed by atoms with E-state index < -0.39 is 0 Å². The zero-order valence-electron chi connectivity index (χ0n) is 9.45. The third-order valence-corrected chi connectivity index (χ3v) is 1.25. The van der Waals surface area contributed by atoms with Gasteiger partial charge in [0.05, 0.1) is 4.49 Å². The second-order valence-corrected chi connectivity index (χ2v) is 4.11. The minimum atomic E-state index is 0.111. The van der Waals surface area contributed by atoms with Gasteiger partial charge in [-0.2, -0.15) is 0 Å². The zero-order valence-corrected chi connectivity index (χ0v) is 11.0. The molecule has 0 radical (unpaired) electrons. The van der Waals surface area contributed by atoms with Gasteiger partial charge in [0.1, 0.15) is 0 Å². The number of hydrogen-bond acceptors (Lipinski definition) is 1. The van der Waals surface area contributed by atoms with Crippen LogP contribution in [0.4, 0.5) is 0 Å². The first-order chi connectivity index (χ1) is 5.94. The maximum atomic E-state index is 4.85. The average molecular weight is 228 g/mol. The van der Waals surface area contributed by atoms with E-state index in [2.05, 4.69) is 26.2 Å². The standard InChI is InChI=1S/C5H10.C2H2Cl2.C2H6.CH5N/c1-5(2)3-4-5;1-2(3)4;2*1-2/h3-4H2,1-2H3;1H2;1-2H3;2H2,1H3. The number of nitrogens with two attached hydrogens (primary N) is 1. The van der Waals surface area contributed by atoms with Crippen molar-refractivity contribution >= 4 is 23.2 Å². The molecule has 0 saturated heterocycles. The van der Waals surface area contributed by atoms with Crippen LogP contribution in [0, 0.1) is 5.41 Å². The lowest BCUT2D eigenvalue weighted by Crippen LogP contribution is -1.75. The summed E-state index contributed by atoms with van der Waals surface area (Å²) in [6, 6.07) is 0. The molecule has 0 bridgehead atoms. The lowest BCUT2D eigenvalue weighted by molar-refractivity contribution is 0.653. The molecule has 3 heteroatoms. The van der Waals surface area contributed by atoms with Crippen molar-refractivity contribution in [1.29, 1.82) is 0 Å². The van der Waals surface area contributed by atoms with Gasteiger partial charge in [-0.05, 0) is 25.3 Å². The molecule has 1 fully saturated rings. The predicted octanol–water partition coefficient (Wildman–Crippen LogP) is 4.34. The van der Waals surface area contributed by atoms with Crippen molar-refractivity contribution < 1.29 is 0 Å². The molecule has 0 aromatic heterocycles. The van der Waals surface area contributed by atoms with Gasteiger partial charge in [0.2, 0.25) is 0 Å². The summed E-state index contributed by atoms with van der Waals surface area (Å²) < 4.78 is 0.111. The Kier molecular flexibility index (Phi) is 17.9. The van der Waals surface area contributed by atoms with E-state index in [9.17, 15) is 0 Å². The highest BCUT2D eigenvalue weighted by atomic mass is 35.5. The van der Waals surface area contributed by atoms with E-state index in [1.54, 1.807) is 0 Å². The summed E-state index contributed by atoms with van der Waals surface area (Å²) in [7, 11) is 1.50. The Balaban J connectivity index is -0.000000114. The second kappa shape index (κ2) is 12.3.